The summed E-state index contributed by atoms with van der Waals surface area (Å²) in [5.41, 5.74) is 0. The molecule has 1 aromatic heterocycles. The number of rotatable bonds is 4. The highest BCUT2D eigenvalue weighted by Crippen LogP contribution is 2.24. The first-order chi connectivity index (χ1) is 6.24. The van der Waals surface area contributed by atoms with E-state index < -0.39 is 0 Å². The Bertz CT molecular complexity index is 280. The van der Waals surface area contributed by atoms with Crippen LogP contribution in [0, 0.1) is 0 Å². The molecule has 0 bridgehead atoms. The lowest BCUT2D eigenvalue weighted by molar-refractivity contribution is 0.298. The number of hydrogen-bond donors (Lipinski definition) is 0. The van der Waals surface area contributed by atoms with E-state index in [1.165, 1.54) is 0 Å². The zero-order chi connectivity index (χ0) is 9.68. The zero-order valence-electron chi connectivity index (χ0n) is 7.39. The molecule has 0 aliphatic heterocycles. The van der Waals surface area contributed by atoms with Gasteiger partial charge in [-0.3, -0.25) is 0 Å². The first-order valence-electron chi connectivity index (χ1n) is 4.18. The van der Waals surface area contributed by atoms with Gasteiger partial charge in [-0.1, -0.05) is 24.9 Å². The third-order valence-electron chi connectivity index (χ3n) is 1.51. The largest absolute Gasteiger partial charge is 0.477 e. The van der Waals surface area contributed by atoms with Gasteiger partial charge in [0.25, 0.3) is 0 Å². The van der Waals surface area contributed by atoms with Crippen LogP contribution in [0.15, 0.2) is 16.7 Å². The van der Waals surface area contributed by atoms with E-state index in [1.54, 1.807) is 12.3 Å². The van der Waals surface area contributed by atoms with Crippen LogP contribution in [0.1, 0.15) is 19.8 Å². The predicted molar refractivity (Wildman–Crippen MR) is 57.4 cm³/mol. The molecule has 0 N–H and O–H groups in total. The Kier molecular flexibility index (Phi) is 4.53. The van der Waals surface area contributed by atoms with Crippen LogP contribution in [0.25, 0.3) is 0 Å². The topological polar surface area (TPSA) is 22.1 Å². The predicted octanol–water partition coefficient (Wildman–Crippen LogP) is 3.68. The highest BCUT2D eigenvalue weighted by molar-refractivity contribution is 9.10. The Hall–Kier alpha value is -0.280. The summed E-state index contributed by atoms with van der Waals surface area (Å²) in [5, 5.41) is 0.547. The lowest BCUT2D eigenvalue weighted by Gasteiger charge is -2.05. The molecule has 0 amide bonds. The van der Waals surface area contributed by atoms with Crippen molar-refractivity contribution in [2.45, 2.75) is 19.8 Å². The van der Waals surface area contributed by atoms with Crippen LogP contribution in [-0.2, 0) is 0 Å². The molecule has 1 aromatic rings. The van der Waals surface area contributed by atoms with Crippen LogP contribution in [0.4, 0.5) is 0 Å². The van der Waals surface area contributed by atoms with E-state index in [2.05, 4.69) is 27.8 Å². The van der Waals surface area contributed by atoms with Crippen molar-refractivity contribution < 1.29 is 4.74 Å². The second-order valence-corrected chi connectivity index (χ2v) is 3.97. The van der Waals surface area contributed by atoms with E-state index >= 15 is 0 Å². The van der Waals surface area contributed by atoms with Gasteiger partial charge in [0.1, 0.15) is 5.02 Å². The second kappa shape index (κ2) is 5.45. The molecule has 72 valence electrons. The van der Waals surface area contributed by atoms with Crippen LogP contribution in [0.5, 0.6) is 5.88 Å². The summed E-state index contributed by atoms with van der Waals surface area (Å²) in [7, 11) is 0. The van der Waals surface area contributed by atoms with Crippen LogP contribution in [0.2, 0.25) is 5.02 Å². The van der Waals surface area contributed by atoms with Gasteiger partial charge in [0.15, 0.2) is 0 Å². The molecule has 4 heteroatoms. The van der Waals surface area contributed by atoms with Crippen molar-refractivity contribution in [3.63, 3.8) is 0 Å². The number of unbranched alkanes of at least 4 members (excludes halogenated alkanes) is 1. The van der Waals surface area contributed by atoms with Crippen molar-refractivity contribution in [2.75, 3.05) is 6.61 Å². The number of hydrogen-bond acceptors (Lipinski definition) is 2. The van der Waals surface area contributed by atoms with Crippen LogP contribution in [-0.4, -0.2) is 11.6 Å². The molecule has 0 saturated carbocycles. The molecule has 0 fully saturated rings. The van der Waals surface area contributed by atoms with E-state index in [0.29, 0.717) is 17.5 Å². The second-order valence-electron chi connectivity index (χ2n) is 2.64. The minimum absolute atomic E-state index is 0.512. The first kappa shape index (κ1) is 10.8. The SMILES string of the molecule is CCCCOc1ncc(Br)cc1Cl. The fourth-order valence-electron chi connectivity index (χ4n) is 0.821. The van der Waals surface area contributed by atoms with Gasteiger partial charge in [-0.05, 0) is 28.4 Å². The molecular weight excluding hydrogens is 253 g/mol. The van der Waals surface area contributed by atoms with Gasteiger partial charge in [0.2, 0.25) is 5.88 Å². The summed E-state index contributed by atoms with van der Waals surface area (Å²) in [6, 6.07) is 1.77. The molecule has 0 aliphatic rings. The number of aromatic nitrogens is 1. The van der Waals surface area contributed by atoms with Crippen molar-refractivity contribution in [2.24, 2.45) is 0 Å². The molecule has 13 heavy (non-hydrogen) atoms. The lowest BCUT2D eigenvalue weighted by Crippen LogP contribution is -1.98. The molecule has 1 heterocycles. The Morgan fingerprint density at radius 1 is 1.62 bits per heavy atom. The third-order valence-corrected chi connectivity index (χ3v) is 2.22. The smallest absolute Gasteiger partial charge is 0.232 e. The molecule has 0 aromatic carbocycles. The maximum atomic E-state index is 5.89. The van der Waals surface area contributed by atoms with Gasteiger partial charge in [-0.15, -0.1) is 0 Å². The molecule has 2 nitrogen and oxygen atoms in total. The number of nitrogens with zero attached hydrogens (tertiary/aromatic N) is 1. The molecule has 0 spiro atoms. The minimum atomic E-state index is 0.512. The van der Waals surface area contributed by atoms with Crippen molar-refractivity contribution in [3.8, 4) is 5.88 Å². The number of halogens is 2. The molecule has 1 rings (SSSR count). The maximum absolute atomic E-state index is 5.89. The minimum Gasteiger partial charge on any atom is -0.477 e. The first-order valence-corrected chi connectivity index (χ1v) is 5.35. The van der Waals surface area contributed by atoms with Crippen molar-refractivity contribution >= 4 is 27.5 Å². The summed E-state index contributed by atoms with van der Waals surface area (Å²) >= 11 is 9.17. The summed E-state index contributed by atoms with van der Waals surface area (Å²) in [6.07, 6.45) is 3.80. The van der Waals surface area contributed by atoms with Gasteiger partial charge in [-0.2, -0.15) is 0 Å². The fourth-order valence-corrected chi connectivity index (χ4v) is 1.51. The summed E-state index contributed by atoms with van der Waals surface area (Å²) in [4.78, 5) is 4.05. The normalized spacial score (nSPS) is 10.1. The third kappa shape index (κ3) is 3.53. The van der Waals surface area contributed by atoms with Gasteiger partial charge >= 0.3 is 0 Å². The molecular formula is C9H11BrClNO. The Labute approximate surface area is 91.4 Å². The Balaban J connectivity index is 2.56. The van der Waals surface area contributed by atoms with Gasteiger partial charge in [0.05, 0.1) is 6.61 Å². The highest BCUT2D eigenvalue weighted by Gasteiger charge is 2.02. The molecule has 0 unspecified atom stereocenters. The quantitative estimate of drug-likeness (QED) is 0.774. The average molecular weight is 265 g/mol. The van der Waals surface area contributed by atoms with Gasteiger partial charge in [0, 0.05) is 10.7 Å². The van der Waals surface area contributed by atoms with Gasteiger partial charge < -0.3 is 4.74 Å². The summed E-state index contributed by atoms with van der Waals surface area (Å²) in [6.45, 7) is 2.78. The van der Waals surface area contributed by atoms with Crippen molar-refractivity contribution in [1.29, 1.82) is 0 Å². The zero-order valence-corrected chi connectivity index (χ0v) is 9.73. The number of ether oxygens (including phenoxy) is 1. The molecule has 0 atom stereocenters. The maximum Gasteiger partial charge on any atom is 0.232 e. The Morgan fingerprint density at radius 3 is 3.00 bits per heavy atom. The van der Waals surface area contributed by atoms with Crippen LogP contribution in [0.3, 0.4) is 0 Å². The average Bonchev–Trinajstić information content (AvgIpc) is 2.09. The number of pyridine rings is 1. The molecule has 0 saturated heterocycles. The van der Waals surface area contributed by atoms with Crippen molar-refractivity contribution in [1.82, 2.24) is 4.98 Å². The van der Waals surface area contributed by atoms with Crippen LogP contribution < -0.4 is 4.74 Å². The molecule has 0 aliphatic carbocycles. The molecule has 0 radical (unpaired) electrons. The van der Waals surface area contributed by atoms with Crippen molar-refractivity contribution in [3.05, 3.63) is 21.8 Å². The standard InChI is InChI=1S/C9H11BrClNO/c1-2-3-4-13-9-8(11)5-7(10)6-12-9/h5-6H,2-4H2,1H3. The fraction of sp³-hybridized carbons (Fsp3) is 0.444. The van der Waals surface area contributed by atoms with E-state index in [9.17, 15) is 0 Å². The van der Waals surface area contributed by atoms with E-state index in [-0.39, 0.29) is 0 Å². The lowest BCUT2D eigenvalue weighted by atomic mass is 10.4. The van der Waals surface area contributed by atoms with E-state index in [0.717, 1.165) is 17.3 Å². The Morgan fingerprint density at radius 2 is 2.38 bits per heavy atom. The summed E-state index contributed by atoms with van der Waals surface area (Å²) in [5.74, 6) is 0.512. The monoisotopic (exact) mass is 263 g/mol. The van der Waals surface area contributed by atoms with E-state index in [4.69, 9.17) is 16.3 Å². The van der Waals surface area contributed by atoms with Crippen LogP contribution >= 0.6 is 27.5 Å². The van der Waals surface area contributed by atoms with E-state index in [1.807, 2.05) is 0 Å². The summed E-state index contributed by atoms with van der Waals surface area (Å²) < 4.78 is 6.23. The van der Waals surface area contributed by atoms with Gasteiger partial charge in [-0.25, -0.2) is 4.98 Å². The highest BCUT2D eigenvalue weighted by atomic mass is 79.9.